The molecule has 0 amide bonds. The molecule has 1 atom stereocenters. The van der Waals surface area contributed by atoms with E-state index in [1.165, 1.54) is 66.9 Å². The van der Waals surface area contributed by atoms with Gasteiger partial charge in [-0.1, -0.05) is 158 Å². The van der Waals surface area contributed by atoms with Gasteiger partial charge in [0.15, 0.2) is 23.0 Å². The summed E-state index contributed by atoms with van der Waals surface area (Å²) in [5, 5.41) is 0. The summed E-state index contributed by atoms with van der Waals surface area (Å²) >= 11 is 0. The molecule has 3 heteroatoms. The molecular weight excluding hydrogens is 707 g/mol. The van der Waals surface area contributed by atoms with Crippen LogP contribution in [-0.2, 0) is 5.41 Å². The number of rotatable bonds is 5. The molecule has 4 aliphatic rings. The molecule has 8 aromatic carbocycles. The Morgan fingerprint density at radius 3 is 1.66 bits per heavy atom. The van der Waals surface area contributed by atoms with Gasteiger partial charge in [0, 0.05) is 29.1 Å². The van der Waals surface area contributed by atoms with Crippen LogP contribution in [0.2, 0.25) is 0 Å². The lowest BCUT2D eigenvalue weighted by molar-refractivity contribution is 0.359. The van der Waals surface area contributed by atoms with Crippen LogP contribution in [0.15, 0.2) is 212 Å². The number of nitrogens with zero attached hydrogens (tertiary/aromatic N) is 1. The van der Waals surface area contributed by atoms with Crippen LogP contribution in [0.3, 0.4) is 0 Å². The van der Waals surface area contributed by atoms with E-state index in [2.05, 4.69) is 211 Å². The number of hydrogen-bond donors (Lipinski definition) is 0. The average molecular weight is 744 g/mol. The molecule has 0 bridgehead atoms. The maximum absolute atomic E-state index is 6.93. The van der Waals surface area contributed by atoms with Crippen LogP contribution in [0, 0.1) is 0 Å². The minimum Gasteiger partial charge on any atom is -0.449 e. The Bertz CT molecular complexity index is 2930. The van der Waals surface area contributed by atoms with Gasteiger partial charge >= 0.3 is 0 Å². The molecule has 0 saturated carbocycles. The minimum absolute atomic E-state index is 0.176. The molecule has 1 heterocycles. The van der Waals surface area contributed by atoms with E-state index in [9.17, 15) is 0 Å². The summed E-state index contributed by atoms with van der Waals surface area (Å²) in [6, 6.07) is 67.7. The summed E-state index contributed by atoms with van der Waals surface area (Å²) in [4.78, 5) is 2.38. The first-order valence-corrected chi connectivity index (χ1v) is 20.1. The van der Waals surface area contributed by atoms with Gasteiger partial charge in [0.25, 0.3) is 0 Å². The van der Waals surface area contributed by atoms with E-state index < -0.39 is 5.41 Å². The smallest absolute Gasteiger partial charge is 0.172 e. The van der Waals surface area contributed by atoms with Gasteiger partial charge in [-0.2, -0.15) is 0 Å². The predicted molar refractivity (Wildman–Crippen MR) is 234 cm³/mol. The standard InChI is InChI=1S/C55H37NO2/c1-3-15-36(16-4-1)37-27-29-39(30-28-37)56(50-26-14-10-19-41(50)38-17-5-2-6-18-38)40-31-32-51-52(33-40)58-53-34-45-44-22-9-13-25-48(44)55(49(45)35-54(53)57-51)46-23-11-7-20-42(46)43-21-8-12-24-47(43)55/h1-18,20-35,41H,19H2. The van der Waals surface area contributed by atoms with Crippen LogP contribution < -0.4 is 14.4 Å². The molecular formula is C55H37NO2. The normalized spacial score (nSPS) is 15.8. The topological polar surface area (TPSA) is 21.7 Å². The maximum atomic E-state index is 6.93. The molecule has 0 radical (unpaired) electrons. The van der Waals surface area contributed by atoms with Gasteiger partial charge < -0.3 is 14.4 Å². The lowest BCUT2D eigenvalue weighted by Crippen LogP contribution is -2.25. The van der Waals surface area contributed by atoms with Crippen molar-refractivity contribution in [3.63, 3.8) is 0 Å². The van der Waals surface area contributed by atoms with Gasteiger partial charge in [0.05, 0.1) is 5.41 Å². The molecule has 274 valence electrons. The van der Waals surface area contributed by atoms with Crippen molar-refractivity contribution in [2.24, 2.45) is 0 Å². The van der Waals surface area contributed by atoms with Gasteiger partial charge in [-0.05, 0) is 110 Å². The van der Waals surface area contributed by atoms with Crippen molar-refractivity contribution >= 4 is 11.4 Å². The molecule has 3 nitrogen and oxygen atoms in total. The van der Waals surface area contributed by atoms with Gasteiger partial charge in [-0.3, -0.25) is 0 Å². The minimum atomic E-state index is -0.449. The van der Waals surface area contributed by atoms with Crippen LogP contribution in [0.1, 0.15) is 40.2 Å². The van der Waals surface area contributed by atoms with Crippen molar-refractivity contribution in [3.8, 4) is 56.4 Å². The molecule has 3 aliphatic carbocycles. The summed E-state index contributed by atoms with van der Waals surface area (Å²) in [5.41, 5.74) is 16.6. The molecule has 0 fully saturated rings. The zero-order chi connectivity index (χ0) is 38.2. The van der Waals surface area contributed by atoms with E-state index in [0.717, 1.165) is 29.3 Å². The average Bonchev–Trinajstić information content (AvgIpc) is 3.75. The monoisotopic (exact) mass is 743 g/mol. The molecule has 1 unspecified atom stereocenters. The maximum Gasteiger partial charge on any atom is 0.172 e. The van der Waals surface area contributed by atoms with Gasteiger partial charge in [0.2, 0.25) is 0 Å². The SMILES string of the molecule is C1=CCC(c2ccccc2)C(N(c2ccc(-c3ccccc3)cc2)c2ccc3c(c2)Oc2cc4c(cc2O3)C2(c3ccccc3-c3ccccc32)c2ccccc2-4)=C1. The highest BCUT2D eigenvalue weighted by Crippen LogP contribution is 2.64. The fourth-order valence-electron chi connectivity index (χ4n) is 10.0. The van der Waals surface area contributed by atoms with Crippen molar-refractivity contribution in [2.45, 2.75) is 17.8 Å². The fraction of sp³-hybridized carbons (Fsp3) is 0.0545. The molecule has 0 N–H and O–H groups in total. The zero-order valence-electron chi connectivity index (χ0n) is 31.7. The summed E-state index contributed by atoms with van der Waals surface area (Å²) in [6.07, 6.45) is 7.62. The molecule has 12 rings (SSSR count). The quantitative estimate of drug-likeness (QED) is 0.175. The number of ether oxygens (including phenoxy) is 2. The van der Waals surface area contributed by atoms with E-state index in [0.29, 0.717) is 11.5 Å². The van der Waals surface area contributed by atoms with Gasteiger partial charge in [0.1, 0.15) is 0 Å². The van der Waals surface area contributed by atoms with Crippen molar-refractivity contribution in [1.29, 1.82) is 0 Å². The summed E-state index contributed by atoms with van der Waals surface area (Å²) in [5.74, 6) is 3.01. The largest absolute Gasteiger partial charge is 0.449 e. The van der Waals surface area contributed by atoms with Crippen molar-refractivity contribution in [1.82, 2.24) is 0 Å². The van der Waals surface area contributed by atoms with Crippen LogP contribution in [-0.4, -0.2) is 0 Å². The van der Waals surface area contributed by atoms with Crippen LogP contribution in [0.5, 0.6) is 23.0 Å². The van der Waals surface area contributed by atoms with E-state index in [-0.39, 0.29) is 5.92 Å². The lowest BCUT2D eigenvalue weighted by atomic mass is 9.70. The molecule has 0 aromatic heterocycles. The summed E-state index contributed by atoms with van der Waals surface area (Å²) in [7, 11) is 0. The predicted octanol–water partition coefficient (Wildman–Crippen LogP) is 14.4. The zero-order valence-corrected chi connectivity index (χ0v) is 31.7. The number of hydrogen-bond acceptors (Lipinski definition) is 3. The van der Waals surface area contributed by atoms with Gasteiger partial charge in [-0.15, -0.1) is 0 Å². The molecule has 1 spiro atoms. The highest BCUT2D eigenvalue weighted by molar-refractivity contribution is 5.96. The van der Waals surface area contributed by atoms with Crippen LogP contribution in [0.4, 0.5) is 11.4 Å². The number of anilines is 2. The lowest BCUT2D eigenvalue weighted by Gasteiger charge is -2.35. The first kappa shape index (κ1) is 32.8. The molecule has 58 heavy (non-hydrogen) atoms. The second-order valence-electron chi connectivity index (χ2n) is 15.5. The van der Waals surface area contributed by atoms with Gasteiger partial charge in [-0.25, -0.2) is 0 Å². The fourth-order valence-corrected chi connectivity index (χ4v) is 10.0. The number of fused-ring (bicyclic) bond motifs is 12. The third-order valence-electron chi connectivity index (χ3n) is 12.5. The molecule has 8 aromatic rings. The van der Waals surface area contributed by atoms with Crippen molar-refractivity contribution in [3.05, 3.63) is 240 Å². The highest BCUT2D eigenvalue weighted by Gasteiger charge is 2.52. The Balaban J connectivity index is 0.977. The first-order chi connectivity index (χ1) is 28.8. The van der Waals surface area contributed by atoms with Crippen LogP contribution >= 0.6 is 0 Å². The second-order valence-corrected chi connectivity index (χ2v) is 15.5. The number of allylic oxidation sites excluding steroid dienone is 4. The summed E-state index contributed by atoms with van der Waals surface area (Å²) in [6.45, 7) is 0. The molecule has 1 aliphatic heterocycles. The van der Waals surface area contributed by atoms with E-state index in [4.69, 9.17) is 9.47 Å². The third kappa shape index (κ3) is 4.80. The van der Waals surface area contributed by atoms with E-state index >= 15 is 0 Å². The Morgan fingerprint density at radius 1 is 0.431 bits per heavy atom. The Labute approximate surface area is 338 Å². The third-order valence-corrected chi connectivity index (χ3v) is 12.5. The van der Waals surface area contributed by atoms with Crippen molar-refractivity contribution < 1.29 is 9.47 Å². The molecule has 0 saturated heterocycles. The summed E-state index contributed by atoms with van der Waals surface area (Å²) < 4.78 is 13.8. The Morgan fingerprint density at radius 2 is 0.966 bits per heavy atom. The van der Waals surface area contributed by atoms with Crippen LogP contribution in [0.25, 0.3) is 33.4 Å². The van der Waals surface area contributed by atoms with Crippen molar-refractivity contribution in [2.75, 3.05) is 4.90 Å². The van der Waals surface area contributed by atoms with E-state index in [1.54, 1.807) is 0 Å². The highest BCUT2D eigenvalue weighted by atomic mass is 16.6. The number of benzene rings is 8. The first-order valence-electron chi connectivity index (χ1n) is 20.1. The Hall–Kier alpha value is -7.36. The second kappa shape index (κ2) is 12.8. The Kier molecular flexibility index (Phi) is 7.27. The van der Waals surface area contributed by atoms with E-state index in [1.807, 2.05) is 0 Å².